The molecule has 1 amide bonds. The lowest BCUT2D eigenvalue weighted by molar-refractivity contribution is -0.117. The van der Waals surface area contributed by atoms with Crippen LogP contribution in [0, 0.1) is 0 Å². The Morgan fingerprint density at radius 1 is 1.39 bits per heavy atom. The number of anilines is 1. The van der Waals surface area contributed by atoms with Gasteiger partial charge in [0.1, 0.15) is 15.6 Å². The third-order valence-corrected chi connectivity index (χ3v) is 3.97. The average molecular weight is 385 g/mol. The molecule has 0 aromatic heterocycles. The molecule has 0 aliphatic rings. The van der Waals surface area contributed by atoms with Crippen molar-refractivity contribution in [3.63, 3.8) is 0 Å². The van der Waals surface area contributed by atoms with Crippen LogP contribution in [0.1, 0.15) is 20.3 Å². The van der Waals surface area contributed by atoms with Crippen LogP contribution in [0.4, 0.5) is 5.69 Å². The molecule has 0 bridgehead atoms. The van der Waals surface area contributed by atoms with Gasteiger partial charge < -0.3 is 15.8 Å². The molecule has 9 heteroatoms. The van der Waals surface area contributed by atoms with E-state index in [0.29, 0.717) is 16.5 Å². The number of halogens is 2. The summed E-state index contributed by atoms with van der Waals surface area (Å²) in [6, 6.07) is 3.95. The third kappa shape index (κ3) is 8.41. The molecule has 0 heterocycles. The van der Waals surface area contributed by atoms with E-state index in [1.165, 1.54) is 0 Å². The first kappa shape index (κ1) is 22.0. The number of carbonyl (C=O) groups excluding carboxylic acids is 1. The van der Waals surface area contributed by atoms with Crippen LogP contribution in [0.2, 0.25) is 5.02 Å². The highest BCUT2D eigenvalue weighted by Gasteiger charge is 2.16. The van der Waals surface area contributed by atoms with E-state index in [2.05, 4.69) is 5.32 Å². The number of hydrogen-bond donors (Lipinski definition) is 2. The Hall–Kier alpha value is -1.02. The molecule has 0 fully saturated rings. The van der Waals surface area contributed by atoms with Gasteiger partial charge in [-0.1, -0.05) is 11.6 Å². The molecule has 0 aliphatic heterocycles. The fraction of sp³-hybridized carbons (Fsp3) is 0.500. The topological polar surface area (TPSA) is 98.5 Å². The van der Waals surface area contributed by atoms with Gasteiger partial charge in [-0.05, 0) is 38.5 Å². The predicted molar refractivity (Wildman–Crippen MR) is 95.4 cm³/mol. The van der Waals surface area contributed by atoms with Crippen molar-refractivity contribution in [2.75, 3.05) is 17.3 Å². The maximum Gasteiger partial charge on any atom is 0.241 e. The number of benzene rings is 1. The Morgan fingerprint density at radius 3 is 2.48 bits per heavy atom. The summed E-state index contributed by atoms with van der Waals surface area (Å²) in [5.41, 5.74) is 6.14. The van der Waals surface area contributed by atoms with Crippen LogP contribution in [-0.2, 0) is 14.6 Å². The number of ether oxygens (including phenoxy) is 1. The predicted octanol–water partition coefficient (Wildman–Crippen LogP) is 2.25. The molecule has 0 saturated heterocycles. The van der Waals surface area contributed by atoms with Crippen molar-refractivity contribution in [1.82, 2.24) is 0 Å². The Kier molecular flexibility index (Phi) is 8.90. The quantitative estimate of drug-likeness (QED) is 0.750. The SMILES string of the molecule is CC(C)Oc1ccc(NC(=O)C(N)CCS(C)(=O)=O)cc1Cl.Cl. The van der Waals surface area contributed by atoms with E-state index in [1.54, 1.807) is 18.2 Å². The zero-order valence-corrected chi connectivity index (χ0v) is 15.6. The summed E-state index contributed by atoms with van der Waals surface area (Å²) in [5, 5.41) is 2.97. The van der Waals surface area contributed by atoms with Crippen molar-refractivity contribution in [2.45, 2.75) is 32.4 Å². The average Bonchev–Trinajstić information content (AvgIpc) is 2.37. The van der Waals surface area contributed by atoms with Gasteiger partial charge in [-0.25, -0.2) is 8.42 Å². The molecular weight excluding hydrogens is 363 g/mol. The smallest absolute Gasteiger partial charge is 0.241 e. The van der Waals surface area contributed by atoms with E-state index >= 15 is 0 Å². The highest BCUT2D eigenvalue weighted by atomic mass is 35.5. The summed E-state index contributed by atoms with van der Waals surface area (Å²) < 4.78 is 27.6. The molecule has 3 N–H and O–H groups in total. The van der Waals surface area contributed by atoms with Gasteiger partial charge in [-0.3, -0.25) is 4.79 Å². The highest BCUT2D eigenvalue weighted by molar-refractivity contribution is 7.90. The molecule has 0 saturated carbocycles. The molecule has 1 aromatic rings. The number of nitrogens with two attached hydrogens (primary N) is 1. The largest absolute Gasteiger partial charge is 0.489 e. The molecule has 0 aliphatic carbocycles. The third-order valence-electron chi connectivity index (χ3n) is 2.70. The van der Waals surface area contributed by atoms with E-state index in [1.807, 2.05) is 13.8 Å². The minimum absolute atomic E-state index is 0. The summed E-state index contributed by atoms with van der Waals surface area (Å²) in [7, 11) is -3.15. The number of sulfone groups is 1. The van der Waals surface area contributed by atoms with Crippen LogP contribution in [-0.4, -0.2) is 38.5 Å². The highest BCUT2D eigenvalue weighted by Crippen LogP contribution is 2.28. The zero-order chi connectivity index (χ0) is 16.9. The van der Waals surface area contributed by atoms with Crippen molar-refractivity contribution in [2.24, 2.45) is 5.73 Å². The van der Waals surface area contributed by atoms with Crippen LogP contribution in [0.3, 0.4) is 0 Å². The Bertz CT molecular complexity index is 636. The summed E-state index contributed by atoms with van der Waals surface area (Å²) in [5.74, 6) is -0.0722. The van der Waals surface area contributed by atoms with Crippen LogP contribution in [0.5, 0.6) is 5.75 Å². The zero-order valence-electron chi connectivity index (χ0n) is 13.2. The van der Waals surface area contributed by atoms with E-state index in [9.17, 15) is 13.2 Å². The lowest BCUT2D eigenvalue weighted by Gasteiger charge is -2.14. The van der Waals surface area contributed by atoms with Crippen LogP contribution >= 0.6 is 24.0 Å². The maximum atomic E-state index is 11.9. The second-order valence-electron chi connectivity index (χ2n) is 5.33. The van der Waals surface area contributed by atoms with Crippen molar-refractivity contribution in [3.8, 4) is 5.75 Å². The van der Waals surface area contributed by atoms with Crippen LogP contribution in [0.15, 0.2) is 18.2 Å². The Morgan fingerprint density at radius 2 is 2.00 bits per heavy atom. The van der Waals surface area contributed by atoms with Crippen molar-refractivity contribution in [1.29, 1.82) is 0 Å². The van der Waals surface area contributed by atoms with Crippen LogP contribution < -0.4 is 15.8 Å². The van der Waals surface area contributed by atoms with Gasteiger partial charge in [-0.15, -0.1) is 12.4 Å². The van der Waals surface area contributed by atoms with Crippen molar-refractivity contribution in [3.05, 3.63) is 23.2 Å². The number of amides is 1. The lowest BCUT2D eigenvalue weighted by atomic mass is 10.2. The second-order valence-corrected chi connectivity index (χ2v) is 7.99. The fourth-order valence-electron chi connectivity index (χ4n) is 1.64. The summed E-state index contributed by atoms with van der Waals surface area (Å²) in [4.78, 5) is 11.9. The first-order chi connectivity index (χ1) is 10.1. The van der Waals surface area contributed by atoms with Crippen molar-refractivity contribution >= 4 is 45.4 Å². The minimum atomic E-state index is -3.15. The fourth-order valence-corrected chi connectivity index (χ4v) is 2.54. The van der Waals surface area contributed by atoms with E-state index in [4.69, 9.17) is 22.1 Å². The molecule has 1 aromatic carbocycles. The monoisotopic (exact) mass is 384 g/mol. The molecule has 1 rings (SSSR count). The molecule has 6 nitrogen and oxygen atoms in total. The summed E-state index contributed by atoms with van der Waals surface area (Å²) >= 11 is 6.07. The number of carbonyl (C=O) groups is 1. The standard InChI is InChI=1S/C14H21ClN2O4S.ClH/c1-9(2)21-13-5-4-10(8-11(13)15)17-14(18)12(16)6-7-22(3,19)20;/h4-5,8-9,12H,6-7,16H2,1-3H3,(H,17,18);1H. The maximum absolute atomic E-state index is 11.9. The first-order valence-electron chi connectivity index (χ1n) is 6.79. The van der Waals surface area contributed by atoms with E-state index < -0.39 is 21.8 Å². The van der Waals surface area contributed by atoms with Crippen molar-refractivity contribution < 1.29 is 17.9 Å². The Labute approximate surface area is 148 Å². The molecule has 23 heavy (non-hydrogen) atoms. The Balaban J connectivity index is 0.00000484. The molecule has 0 spiro atoms. The van der Waals surface area contributed by atoms with Gasteiger partial charge in [0.05, 0.1) is 22.9 Å². The van der Waals surface area contributed by atoms with Gasteiger partial charge in [0.15, 0.2) is 0 Å². The number of nitrogens with one attached hydrogen (secondary N) is 1. The molecule has 1 unspecified atom stereocenters. The number of rotatable bonds is 7. The molecular formula is C14H22Cl2N2O4S. The normalized spacial score (nSPS) is 12.4. The van der Waals surface area contributed by atoms with E-state index in [-0.39, 0.29) is 30.7 Å². The molecule has 132 valence electrons. The van der Waals surface area contributed by atoms with Gasteiger partial charge in [0, 0.05) is 11.9 Å². The summed E-state index contributed by atoms with van der Waals surface area (Å²) in [6.45, 7) is 3.76. The number of hydrogen-bond acceptors (Lipinski definition) is 5. The van der Waals surface area contributed by atoms with Crippen LogP contribution in [0.25, 0.3) is 0 Å². The second kappa shape index (κ2) is 9.32. The lowest BCUT2D eigenvalue weighted by Crippen LogP contribution is -2.37. The van der Waals surface area contributed by atoms with Gasteiger partial charge in [0.25, 0.3) is 0 Å². The minimum Gasteiger partial charge on any atom is -0.489 e. The first-order valence-corrected chi connectivity index (χ1v) is 9.22. The van der Waals surface area contributed by atoms with Gasteiger partial charge in [-0.2, -0.15) is 0 Å². The molecule has 1 atom stereocenters. The summed E-state index contributed by atoms with van der Waals surface area (Å²) in [6.07, 6.45) is 1.15. The van der Waals surface area contributed by atoms with Gasteiger partial charge in [0.2, 0.25) is 5.91 Å². The van der Waals surface area contributed by atoms with E-state index in [0.717, 1.165) is 6.26 Å². The van der Waals surface area contributed by atoms with Gasteiger partial charge >= 0.3 is 0 Å². The molecule has 0 radical (unpaired) electrons.